The topological polar surface area (TPSA) is 22.3 Å². The fraction of sp³-hybridized carbons (Fsp3) is 0. The summed E-state index contributed by atoms with van der Waals surface area (Å²) in [6.07, 6.45) is 0. The molecule has 0 bridgehead atoms. The van der Waals surface area contributed by atoms with Crippen LogP contribution in [-0.4, -0.2) is 22.6 Å². The number of para-hydroxylation sites is 5. The van der Waals surface area contributed by atoms with E-state index >= 15 is 0 Å². The van der Waals surface area contributed by atoms with Crippen LogP contribution in [-0.2, 0) is 0 Å². The van der Waals surface area contributed by atoms with Crippen LogP contribution >= 0.6 is 0 Å². The van der Waals surface area contributed by atoms with Crippen molar-refractivity contribution >= 4 is 107 Å². The highest BCUT2D eigenvalue weighted by molar-refractivity contribution is 7.02. The molecule has 6 heteroatoms. The molecule has 10 aromatic rings. The van der Waals surface area contributed by atoms with Gasteiger partial charge in [0.1, 0.15) is 11.5 Å². The lowest BCUT2D eigenvalue weighted by Crippen LogP contribution is -2.63. The van der Waals surface area contributed by atoms with Crippen molar-refractivity contribution in [1.29, 1.82) is 0 Å². The third kappa shape index (κ3) is 3.14. The molecule has 4 aliphatic heterocycles. The van der Waals surface area contributed by atoms with Crippen molar-refractivity contribution in [2.24, 2.45) is 0 Å². The lowest BCUT2D eigenvalue weighted by Gasteiger charge is -2.41. The van der Waals surface area contributed by atoms with E-state index in [1.165, 1.54) is 99.1 Å². The van der Waals surface area contributed by atoms with Gasteiger partial charge in [0.05, 0.1) is 11.0 Å². The minimum absolute atomic E-state index is 0.0263. The van der Waals surface area contributed by atoms with Gasteiger partial charge in [-0.15, -0.1) is 0 Å². The third-order valence-corrected chi connectivity index (χ3v) is 12.7. The Morgan fingerprint density at radius 2 is 0.926 bits per heavy atom. The van der Waals surface area contributed by atoms with Crippen LogP contribution in [0.25, 0.3) is 55.0 Å². The van der Waals surface area contributed by atoms with Crippen molar-refractivity contribution in [1.82, 2.24) is 9.13 Å². The average molecular weight is 683 g/mol. The largest absolute Gasteiger partial charge is 0.458 e. The molecule has 0 unspecified atom stereocenters. The van der Waals surface area contributed by atoms with Crippen LogP contribution < -0.4 is 42.4 Å². The molecule has 14 rings (SSSR count). The summed E-state index contributed by atoms with van der Waals surface area (Å²) in [6, 6.07) is 60.7. The molecule has 0 saturated carbocycles. The summed E-state index contributed by atoms with van der Waals surface area (Å²) < 4.78 is 12.1. The Labute approximate surface area is 311 Å². The fourth-order valence-electron chi connectivity index (χ4n) is 10.8. The summed E-state index contributed by atoms with van der Waals surface area (Å²) in [4.78, 5) is 2.47. The van der Waals surface area contributed by atoms with E-state index in [2.05, 4.69) is 178 Å². The second-order valence-corrected chi connectivity index (χ2v) is 15.2. The van der Waals surface area contributed by atoms with Gasteiger partial charge < -0.3 is 18.8 Å². The molecule has 0 spiro atoms. The molecular formula is C48H27B2N3O. The average Bonchev–Trinajstić information content (AvgIpc) is 3.75. The summed E-state index contributed by atoms with van der Waals surface area (Å²) in [5, 5.41) is 5.17. The van der Waals surface area contributed by atoms with E-state index in [4.69, 9.17) is 4.74 Å². The molecule has 0 atom stereocenters. The highest BCUT2D eigenvalue weighted by Gasteiger charge is 2.46. The van der Waals surface area contributed by atoms with Crippen LogP contribution in [0.4, 0.5) is 17.1 Å². The molecule has 8 aromatic carbocycles. The minimum Gasteiger partial charge on any atom is -0.458 e. The van der Waals surface area contributed by atoms with Gasteiger partial charge in [-0.1, -0.05) is 109 Å². The first-order valence-corrected chi connectivity index (χ1v) is 18.8. The molecule has 0 radical (unpaired) electrons. The molecule has 246 valence electrons. The Morgan fingerprint density at radius 3 is 1.63 bits per heavy atom. The van der Waals surface area contributed by atoms with Gasteiger partial charge >= 0.3 is 0 Å². The summed E-state index contributed by atoms with van der Waals surface area (Å²) in [5.41, 5.74) is 18.9. The smallest absolute Gasteiger partial charge is 0.256 e. The summed E-state index contributed by atoms with van der Waals surface area (Å²) in [6.45, 7) is 0.0675. The maximum absolute atomic E-state index is 7.08. The molecule has 0 aliphatic carbocycles. The van der Waals surface area contributed by atoms with Crippen molar-refractivity contribution in [3.63, 3.8) is 0 Å². The predicted molar refractivity (Wildman–Crippen MR) is 226 cm³/mol. The number of fused-ring (bicyclic) bond motifs is 14. The maximum atomic E-state index is 7.08. The van der Waals surface area contributed by atoms with Crippen LogP contribution in [0.15, 0.2) is 164 Å². The van der Waals surface area contributed by atoms with Gasteiger partial charge in [0, 0.05) is 67.1 Å². The normalized spacial score (nSPS) is 14.0. The SMILES string of the molecule is c1ccc(N2c3cc4c(cc3B3c5c2cccc5-n2c5ccccc5c5cccc3c52)B2c3c(cccc3-n3c5ccccc5c5cccc2c53)O4)cc1. The monoisotopic (exact) mass is 683 g/mol. The molecule has 4 nitrogen and oxygen atoms in total. The van der Waals surface area contributed by atoms with Crippen LogP contribution in [0.1, 0.15) is 0 Å². The van der Waals surface area contributed by atoms with E-state index in [1.807, 2.05) is 0 Å². The number of nitrogens with zero attached hydrogens (tertiary/aromatic N) is 3. The van der Waals surface area contributed by atoms with Gasteiger partial charge in [-0.3, -0.25) is 0 Å². The lowest BCUT2D eigenvalue weighted by molar-refractivity contribution is 0.487. The molecule has 0 N–H and O–H groups in total. The van der Waals surface area contributed by atoms with Gasteiger partial charge in [-0.05, 0) is 81.3 Å². The number of aromatic nitrogens is 2. The minimum atomic E-state index is 0.0263. The van der Waals surface area contributed by atoms with Gasteiger partial charge in [-0.25, -0.2) is 0 Å². The Hall–Kier alpha value is -6.91. The molecule has 2 aromatic heterocycles. The standard InChI is InChI=1S/C48H27B2N3O/c1-2-12-28(13-3-1)51-39-22-10-23-40-45(39)49(33-18-8-16-31-29-14-4-6-20-37(29)52(40)47(31)33)35-26-36-44(27-42(35)51)54-43-25-11-24-41-46(43)50(36)34-19-9-17-32-30-15-5-7-21-38(30)53(41)48(32)34/h1-27H. The first kappa shape index (κ1) is 27.7. The molecular weight excluding hydrogens is 656 g/mol. The summed E-state index contributed by atoms with van der Waals surface area (Å²) in [5.74, 6) is 1.86. The van der Waals surface area contributed by atoms with Gasteiger partial charge in [-0.2, -0.15) is 0 Å². The Morgan fingerprint density at radius 1 is 0.370 bits per heavy atom. The van der Waals surface area contributed by atoms with Crippen molar-refractivity contribution in [2.45, 2.75) is 0 Å². The number of hydrogen-bond donors (Lipinski definition) is 0. The quantitative estimate of drug-likeness (QED) is 0.168. The molecule has 6 heterocycles. The maximum Gasteiger partial charge on any atom is 0.256 e. The molecule has 54 heavy (non-hydrogen) atoms. The van der Waals surface area contributed by atoms with Crippen LogP contribution in [0.2, 0.25) is 0 Å². The first-order valence-electron chi connectivity index (χ1n) is 18.8. The van der Waals surface area contributed by atoms with Crippen molar-refractivity contribution < 1.29 is 4.74 Å². The predicted octanol–water partition coefficient (Wildman–Crippen LogP) is 7.43. The van der Waals surface area contributed by atoms with Crippen molar-refractivity contribution in [3.05, 3.63) is 164 Å². The van der Waals surface area contributed by atoms with Crippen molar-refractivity contribution in [2.75, 3.05) is 4.90 Å². The van der Waals surface area contributed by atoms with Gasteiger partial charge in [0.15, 0.2) is 0 Å². The number of hydrogen-bond acceptors (Lipinski definition) is 2. The third-order valence-electron chi connectivity index (χ3n) is 12.7. The van der Waals surface area contributed by atoms with Crippen LogP contribution in [0, 0.1) is 0 Å². The highest BCUT2D eigenvalue weighted by Crippen LogP contribution is 2.44. The molecule has 0 saturated heterocycles. The van der Waals surface area contributed by atoms with E-state index in [0.717, 1.165) is 17.2 Å². The van der Waals surface area contributed by atoms with Crippen LogP contribution in [0.3, 0.4) is 0 Å². The zero-order valence-corrected chi connectivity index (χ0v) is 29.0. The molecule has 4 aliphatic rings. The summed E-state index contributed by atoms with van der Waals surface area (Å²) >= 11 is 0. The number of anilines is 3. The summed E-state index contributed by atoms with van der Waals surface area (Å²) in [7, 11) is 0. The molecule has 0 amide bonds. The Bertz CT molecular complexity index is 3340. The number of benzene rings is 8. The second-order valence-electron chi connectivity index (χ2n) is 15.2. The second kappa shape index (κ2) is 9.54. The lowest BCUT2D eigenvalue weighted by atomic mass is 9.31. The highest BCUT2D eigenvalue weighted by atomic mass is 16.5. The van der Waals surface area contributed by atoms with E-state index in [1.54, 1.807) is 0 Å². The van der Waals surface area contributed by atoms with Gasteiger partial charge in [0.2, 0.25) is 0 Å². The Balaban J connectivity index is 1.12. The van der Waals surface area contributed by atoms with E-state index in [9.17, 15) is 0 Å². The van der Waals surface area contributed by atoms with E-state index in [-0.39, 0.29) is 13.4 Å². The van der Waals surface area contributed by atoms with Crippen LogP contribution in [0.5, 0.6) is 11.5 Å². The fourth-order valence-corrected chi connectivity index (χ4v) is 10.8. The Kier molecular flexibility index (Phi) is 4.90. The van der Waals surface area contributed by atoms with Gasteiger partial charge in [0.25, 0.3) is 13.4 Å². The van der Waals surface area contributed by atoms with Crippen molar-refractivity contribution in [3.8, 4) is 22.9 Å². The first-order chi connectivity index (χ1) is 26.8. The number of rotatable bonds is 1. The zero-order chi connectivity index (χ0) is 34.8. The van der Waals surface area contributed by atoms with E-state index in [0.29, 0.717) is 0 Å². The zero-order valence-electron chi connectivity index (χ0n) is 29.0. The molecule has 0 fully saturated rings. The number of ether oxygens (including phenoxy) is 1. The van der Waals surface area contributed by atoms with E-state index < -0.39 is 0 Å².